The van der Waals surface area contributed by atoms with Crippen LogP contribution in [0.4, 0.5) is 0 Å². The number of ether oxygens (including phenoxy) is 3. The maximum absolute atomic E-state index is 12.8. The maximum Gasteiger partial charge on any atom is 0.306 e. The number of unbranched alkanes of at least 4 members (excludes halogenated alkanes) is 16. The molecule has 0 saturated heterocycles. The van der Waals surface area contributed by atoms with Gasteiger partial charge in [0.1, 0.15) is 13.2 Å². The first-order chi connectivity index (χ1) is 29.5. The normalized spacial score (nSPS) is 13.1. The first-order valence-electron chi connectivity index (χ1n) is 24.0. The van der Waals surface area contributed by atoms with Gasteiger partial charge in [-0.2, -0.15) is 0 Å². The highest BCUT2D eigenvalue weighted by Gasteiger charge is 2.19. The zero-order valence-corrected chi connectivity index (χ0v) is 38.4. The van der Waals surface area contributed by atoms with Gasteiger partial charge in [0, 0.05) is 19.3 Å². The largest absolute Gasteiger partial charge is 0.462 e. The maximum atomic E-state index is 12.8. The van der Waals surface area contributed by atoms with Gasteiger partial charge in [0.15, 0.2) is 6.10 Å². The summed E-state index contributed by atoms with van der Waals surface area (Å²) in [5.74, 6) is -0.992. The summed E-state index contributed by atoms with van der Waals surface area (Å²) in [4.78, 5) is 37.9. The van der Waals surface area contributed by atoms with Gasteiger partial charge >= 0.3 is 17.9 Å². The second-order valence-electron chi connectivity index (χ2n) is 15.4. The number of carbonyl (C=O) groups is 3. The molecule has 0 aliphatic rings. The zero-order chi connectivity index (χ0) is 43.7. The minimum atomic E-state index is -0.812. The predicted molar refractivity (Wildman–Crippen MR) is 256 cm³/mol. The molecule has 6 nitrogen and oxygen atoms in total. The molecule has 0 spiro atoms. The SMILES string of the molecule is CC\C=C/C=C\C=C/C=C\CCCCCC(=O)OCC(COC(=O)CCCCCCCC/C=C\C=C/CCCCC)OC(=O)CCCCCC/C=C\C/C=C\C/C=C\CC. The Bertz CT molecular complexity index is 1280. The van der Waals surface area contributed by atoms with Gasteiger partial charge in [0.2, 0.25) is 0 Å². The van der Waals surface area contributed by atoms with Crippen molar-refractivity contribution in [3.05, 3.63) is 109 Å². The van der Waals surface area contributed by atoms with Crippen LogP contribution in [-0.2, 0) is 28.6 Å². The Kier molecular flexibility index (Phi) is 44.6. The summed E-state index contributed by atoms with van der Waals surface area (Å²) in [6.07, 6.45) is 63.5. The number of carbonyl (C=O) groups excluding carboxylic acids is 3. The summed E-state index contributed by atoms with van der Waals surface area (Å²) in [6.45, 7) is 6.26. The third-order valence-corrected chi connectivity index (χ3v) is 9.61. The molecular weight excluding hydrogens is 745 g/mol. The number of hydrogen-bond donors (Lipinski definition) is 0. The summed E-state index contributed by atoms with van der Waals surface area (Å²) in [5.41, 5.74) is 0. The molecule has 0 aliphatic carbocycles. The van der Waals surface area contributed by atoms with Crippen molar-refractivity contribution in [3.63, 3.8) is 0 Å². The van der Waals surface area contributed by atoms with Gasteiger partial charge in [0.05, 0.1) is 0 Å². The Morgan fingerprint density at radius 2 is 0.733 bits per heavy atom. The lowest BCUT2D eigenvalue weighted by molar-refractivity contribution is -0.167. The Labute approximate surface area is 368 Å². The number of esters is 3. The summed E-state index contributed by atoms with van der Waals surface area (Å²) in [5, 5.41) is 0. The van der Waals surface area contributed by atoms with E-state index in [1.54, 1.807) is 0 Å². The van der Waals surface area contributed by atoms with Gasteiger partial charge in [0.25, 0.3) is 0 Å². The second-order valence-corrected chi connectivity index (χ2v) is 15.4. The fraction of sp³-hybridized carbons (Fsp3) is 0.611. The molecule has 1 unspecified atom stereocenters. The van der Waals surface area contributed by atoms with E-state index >= 15 is 0 Å². The van der Waals surface area contributed by atoms with Crippen molar-refractivity contribution in [2.75, 3.05) is 13.2 Å². The van der Waals surface area contributed by atoms with E-state index in [-0.39, 0.29) is 37.5 Å². The van der Waals surface area contributed by atoms with Crippen molar-refractivity contribution in [2.24, 2.45) is 0 Å². The Morgan fingerprint density at radius 3 is 1.25 bits per heavy atom. The molecule has 60 heavy (non-hydrogen) atoms. The van der Waals surface area contributed by atoms with Crippen LogP contribution in [-0.4, -0.2) is 37.2 Å². The van der Waals surface area contributed by atoms with E-state index in [9.17, 15) is 14.4 Å². The summed E-state index contributed by atoms with van der Waals surface area (Å²) < 4.78 is 16.7. The highest BCUT2D eigenvalue weighted by molar-refractivity contribution is 5.71. The van der Waals surface area contributed by atoms with Gasteiger partial charge < -0.3 is 14.2 Å². The smallest absolute Gasteiger partial charge is 0.306 e. The fourth-order valence-electron chi connectivity index (χ4n) is 6.04. The van der Waals surface area contributed by atoms with Gasteiger partial charge in [-0.15, -0.1) is 0 Å². The number of allylic oxidation sites excluding steroid dienone is 18. The average Bonchev–Trinajstić information content (AvgIpc) is 3.24. The molecular formula is C54H86O6. The van der Waals surface area contributed by atoms with E-state index in [1.807, 2.05) is 36.5 Å². The Hall–Kier alpha value is -3.93. The Balaban J connectivity index is 4.53. The molecule has 0 aromatic rings. The van der Waals surface area contributed by atoms with Crippen LogP contribution in [0.5, 0.6) is 0 Å². The molecule has 0 heterocycles. The molecule has 0 N–H and O–H groups in total. The lowest BCUT2D eigenvalue weighted by Crippen LogP contribution is -2.30. The van der Waals surface area contributed by atoms with E-state index in [1.165, 1.54) is 38.5 Å². The highest BCUT2D eigenvalue weighted by Crippen LogP contribution is 2.12. The van der Waals surface area contributed by atoms with Crippen molar-refractivity contribution < 1.29 is 28.6 Å². The van der Waals surface area contributed by atoms with E-state index in [4.69, 9.17) is 14.2 Å². The third-order valence-electron chi connectivity index (χ3n) is 9.61. The summed E-state index contributed by atoms with van der Waals surface area (Å²) in [6, 6.07) is 0. The topological polar surface area (TPSA) is 78.9 Å². The van der Waals surface area contributed by atoms with Crippen molar-refractivity contribution in [1.82, 2.24) is 0 Å². The van der Waals surface area contributed by atoms with Crippen LogP contribution in [0.25, 0.3) is 0 Å². The highest BCUT2D eigenvalue weighted by atomic mass is 16.6. The van der Waals surface area contributed by atoms with Crippen LogP contribution < -0.4 is 0 Å². The van der Waals surface area contributed by atoms with Crippen LogP contribution in [0.2, 0.25) is 0 Å². The van der Waals surface area contributed by atoms with Gasteiger partial charge in [-0.3, -0.25) is 14.4 Å². The number of rotatable bonds is 41. The molecule has 0 saturated carbocycles. The molecule has 0 aromatic carbocycles. The van der Waals surface area contributed by atoms with Crippen LogP contribution in [0.15, 0.2) is 109 Å². The van der Waals surface area contributed by atoms with E-state index in [0.29, 0.717) is 12.8 Å². The first-order valence-corrected chi connectivity index (χ1v) is 24.0. The van der Waals surface area contributed by atoms with Gasteiger partial charge in [-0.25, -0.2) is 0 Å². The van der Waals surface area contributed by atoms with Gasteiger partial charge in [-0.1, -0.05) is 188 Å². The van der Waals surface area contributed by atoms with Crippen LogP contribution in [0, 0.1) is 0 Å². The van der Waals surface area contributed by atoms with Crippen molar-refractivity contribution in [2.45, 2.75) is 200 Å². The standard InChI is InChI=1S/C54H86O6/c1-4-7-10-13-16-19-22-25-27-30-32-35-38-41-44-47-53(56)59-50-51(49-58-52(55)46-43-40-37-34-31-28-24-21-18-15-12-9-6-3)60-54(57)48-45-42-39-36-33-29-26-23-20-17-14-11-8-5-2/h8-9,11-12,15-22,24-26,28-29,31,51H,4-7,10,13-14,23,27,30,32-50H2,1-3H3/b11-8-,12-9-,18-15-,19-16-,20-17-,24-21-,25-22-,29-26-,31-28-. The van der Waals surface area contributed by atoms with Crippen molar-refractivity contribution >= 4 is 17.9 Å². The molecule has 1 atom stereocenters. The molecule has 0 amide bonds. The molecule has 0 radical (unpaired) electrons. The summed E-state index contributed by atoms with van der Waals surface area (Å²) >= 11 is 0. The molecule has 0 aliphatic heterocycles. The van der Waals surface area contributed by atoms with Crippen molar-refractivity contribution in [3.8, 4) is 0 Å². The van der Waals surface area contributed by atoms with Crippen LogP contribution >= 0.6 is 0 Å². The molecule has 0 aromatic heterocycles. The molecule has 0 fully saturated rings. The minimum Gasteiger partial charge on any atom is -0.462 e. The lowest BCUT2D eigenvalue weighted by Gasteiger charge is -2.18. The molecule has 0 rings (SSSR count). The van der Waals surface area contributed by atoms with Gasteiger partial charge in [-0.05, 0) is 96.3 Å². The molecule has 6 heteroatoms. The lowest BCUT2D eigenvalue weighted by atomic mass is 10.1. The molecule has 338 valence electrons. The fourth-order valence-corrected chi connectivity index (χ4v) is 6.04. The minimum absolute atomic E-state index is 0.109. The first kappa shape index (κ1) is 56.1. The Morgan fingerprint density at radius 1 is 0.367 bits per heavy atom. The monoisotopic (exact) mass is 831 g/mol. The summed E-state index contributed by atoms with van der Waals surface area (Å²) in [7, 11) is 0. The number of hydrogen-bond acceptors (Lipinski definition) is 6. The second kappa shape index (κ2) is 47.7. The van der Waals surface area contributed by atoms with Crippen LogP contribution in [0.1, 0.15) is 194 Å². The van der Waals surface area contributed by atoms with Crippen LogP contribution in [0.3, 0.4) is 0 Å². The predicted octanol–water partition coefficient (Wildman–Crippen LogP) is 15.6. The van der Waals surface area contributed by atoms with E-state index < -0.39 is 6.10 Å². The van der Waals surface area contributed by atoms with E-state index in [0.717, 1.165) is 116 Å². The third kappa shape index (κ3) is 45.2. The average molecular weight is 831 g/mol. The quantitative estimate of drug-likeness (QED) is 0.0201. The van der Waals surface area contributed by atoms with Crippen molar-refractivity contribution in [1.29, 1.82) is 0 Å². The molecule has 0 bridgehead atoms. The zero-order valence-electron chi connectivity index (χ0n) is 38.4. The van der Waals surface area contributed by atoms with E-state index in [2.05, 4.69) is 93.7 Å².